The molecule has 1 aliphatic heterocycles. The van der Waals surface area contributed by atoms with Gasteiger partial charge in [-0.3, -0.25) is 4.90 Å². The molecule has 0 bridgehead atoms. The van der Waals surface area contributed by atoms with Crippen LogP contribution in [0.1, 0.15) is 45.6 Å². The molecule has 1 heterocycles. The Kier molecular flexibility index (Phi) is 4.87. The summed E-state index contributed by atoms with van der Waals surface area (Å²) < 4.78 is 26.8. The molecule has 1 aliphatic rings. The van der Waals surface area contributed by atoms with E-state index in [1.54, 1.807) is 0 Å². The van der Waals surface area contributed by atoms with E-state index in [2.05, 4.69) is 25.7 Å². The summed E-state index contributed by atoms with van der Waals surface area (Å²) in [5.74, 6) is -1.96. The average molecular weight is 297 g/mol. The highest BCUT2D eigenvalue weighted by molar-refractivity contribution is 5.30. The smallest absolute Gasteiger partial charge is 0.187 e. The van der Waals surface area contributed by atoms with Gasteiger partial charge in [-0.2, -0.15) is 0 Å². The molecule has 21 heavy (non-hydrogen) atoms. The molecule has 0 aliphatic carbocycles. The van der Waals surface area contributed by atoms with Gasteiger partial charge < -0.3 is 5.11 Å². The number of nitrogens with zero attached hydrogens (tertiary/aromatic N) is 1. The minimum atomic E-state index is -0.887. The van der Waals surface area contributed by atoms with Crippen molar-refractivity contribution in [3.8, 4) is 5.75 Å². The number of halogens is 2. The van der Waals surface area contributed by atoms with Crippen molar-refractivity contribution in [2.24, 2.45) is 11.3 Å². The fraction of sp³-hybridized carbons (Fsp3) is 0.647. The molecule has 2 nitrogen and oxygen atoms in total. The molecular weight excluding hydrogens is 272 g/mol. The van der Waals surface area contributed by atoms with Gasteiger partial charge in [-0.15, -0.1) is 0 Å². The Bertz CT molecular complexity index is 473. The third-order valence-electron chi connectivity index (χ3n) is 4.53. The van der Waals surface area contributed by atoms with Crippen LogP contribution in [-0.4, -0.2) is 23.1 Å². The number of benzene rings is 1. The molecule has 1 fully saturated rings. The number of phenolic OH excluding ortho intramolecular Hbond substituents is 1. The second kappa shape index (κ2) is 6.30. The first-order valence-electron chi connectivity index (χ1n) is 7.66. The van der Waals surface area contributed by atoms with Crippen LogP contribution in [-0.2, 0) is 6.54 Å². The van der Waals surface area contributed by atoms with Gasteiger partial charge in [0.1, 0.15) is 0 Å². The summed E-state index contributed by atoms with van der Waals surface area (Å²) in [5.41, 5.74) is 0.893. The molecule has 1 saturated heterocycles. The molecule has 2 rings (SSSR count). The van der Waals surface area contributed by atoms with Gasteiger partial charge in [0.15, 0.2) is 17.4 Å². The molecule has 0 saturated carbocycles. The van der Waals surface area contributed by atoms with Crippen LogP contribution in [0.5, 0.6) is 5.75 Å². The van der Waals surface area contributed by atoms with Gasteiger partial charge in [-0.25, -0.2) is 8.78 Å². The standard InChI is InChI=1S/C17H25F2NO/c1-17(2,3)13-5-4-7-20(8-6-13)11-12-9-14(18)16(21)15(19)10-12/h9-10,13,21H,4-8,11H2,1-3H3. The number of hydrogen-bond donors (Lipinski definition) is 1. The Morgan fingerprint density at radius 2 is 1.76 bits per heavy atom. The van der Waals surface area contributed by atoms with E-state index in [1.807, 2.05) is 0 Å². The van der Waals surface area contributed by atoms with E-state index < -0.39 is 17.4 Å². The highest BCUT2D eigenvalue weighted by Gasteiger charge is 2.27. The van der Waals surface area contributed by atoms with Gasteiger partial charge in [-0.1, -0.05) is 20.8 Å². The fourth-order valence-electron chi connectivity index (χ4n) is 3.15. The molecule has 1 N–H and O–H groups in total. The lowest BCUT2D eigenvalue weighted by atomic mass is 9.77. The molecule has 1 aromatic carbocycles. The molecule has 1 aromatic rings. The van der Waals surface area contributed by atoms with Gasteiger partial charge >= 0.3 is 0 Å². The molecule has 0 radical (unpaired) electrons. The second-order valence-corrected chi connectivity index (χ2v) is 7.18. The first-order chi connectivity index (χ1) is 9.77. The topological polar surface area (TPSA) is 23.5 Å². The van der Waals surface area contributed by atoms with E-state index in [0.29, 0.717) is 23.4 Å². The van der Waals surface area contributed by atoms with Crippen LogP contribution in [0, 0.1) is 23.0 Å². The highest BCUT2D eigenvalue weighted by atomic mass is 19.1. The van der Waals surface area contributed by atoms with Crippen LogP contribution in [0.4, 0.5) is 8.78 Å². The zero-order valence-electron chi connectivity index (χ0n) is 13.1. The lowest BCUT2D eigenvalue weighted by Crippen LogP contribution is -2.26. The Morgan fingerprint density at radius 1 is 1.14 bits per heavy atom. The Morgan fingerprint density at radius 3 is 2.33 bits per heavy atom. The van der Waals surface area contributed by atoms with Gasteiger partial charge in [0.05, 0.1) is 0 Å². The third-order valence-corrected chi connectivity index (χ3v) is 4.53. The van der Waals surface area contributed by atoms with Crippen LogP contribution in [0.2, 0.25) is 0 Å². The van der Waals surface area contributed by atoms with Crippen LogP contribution in [0.15, 0.2) is 12.1 Å². The van der Waals surface area contributed by atoms with Crippen molar-refractivity contribution >= 4 is 0 Å². The van der Waals surface area contributed by atoms with E-state index in [-0.39, 0.29) is 0 Å². The van der Waals surface area contributed by atoms with Crippen molar-refractivity contribution in [2.45, 2.75) is 46.6 Å². The molecule has 1 atom stereocenters. The lowest BCUT2D eigenvalue weighted by Gasteiger charge is -2.29. The summed E-state index contributed by atoms with van der Waals surface area (Å²) >= 11 is 0. The van der Waals surface area contributed by atoms with Crippen molar-refractivity contribution < 1.29 is 13.9 Å². The summed E-state index contributed by atoms with van der Waals surface area (Å²) in [6.45, 7) is 9.27. The van der Waals surface area contributed by atoms with Crippen LogP contribution < -0.4 is 0 Å². The number of rotatable bonds is 2. The summed E-state index contributed by atoms with van der Waals surface area (Å²) in [6.07, 6.45) is 3.44. The number of hydrogen-bond acceptors (Lipinski definition) is 2. The zero-order valence-corrected chi connectivity index (χ0v) is 13.1. The average Bonchev–Trinajstić information content (AvgIpc) is 2.61. The summed E-state index contributed by atoms with van der Waals surface area (Å²) in [6, 6.07) is 2.45. The van der Waals surface area contributed by atoms with Crippen LogP contribution in [0.25, 0.3) is 0 Å². The van der Waals surface area contributed by atoms with Gasteiger partial charge in [-0.05, 0) is 61.4 Å². The quantitative estimate of drug-likeness (QED) is 0.879. The first-order valence-corrected chi connectivity index (χ1v) is 7.66. The normalized spacial score (nSPS) is 21.3. The van der Waals surface area contributed by atoms with E-state index in [0.717, 1.165) is 25.9 Å². The number of phenols is 1. The van der Waals surface area contributed by atoms with Crippen molar-refractivity contribution in [3.05, 3.63) is 29.3 Å². The maximum absolute atomic E-state index is 13.4. The number of aromatic hydroxyl groups is 1. The number of likely N-dealkylation sites (tertiary alicyclic amines) is 1. The lowest BCUT2D eigenvalue weighted by molar-refractivity contribution is 0.206. The van der Waals surface area contributed by atoms with Crippen molar-refractivity contribution in [3.63, 3.8) is 0 Å². The van der Waals surface area contributed by atoms with Gasteiger partial charge in [0.25, 0.3) is 0 Å². The maximum Gasteiger partial charge on any atom is 0.187 e. The second-order valence-electron chi connectivity index (χ2n) is 7.18. The van der Waals surface area contributed by atoms with E-state index in [9.17, 15) is 8.78 Å². The molecule has 1 unspecified atom stereocenters. The van der Waals surface area contributed by atoms with Gasteiger partial charge in [0.2, 0.25) is 0 Å². The molecular formula is C17H25F2NO. The Balaban J connectivity index is 2.01. The van der Waals surface area contributed by atoms with E-state index in [4.69, 9.17) is 5.11 Å². The molecule has 118 valence electrons. The Labute approximate surface area is 125 Å². The minimum Gasteiger partial charge on any atom is -0.503 e. The zero-order chi connectivity index (χ0) is 15.6. The molecule has 0 amide bonds. The highest BCUT2D eigenvalue weighted by Crippen LogP contribution is 2.34. The summed E-state index contributed by atoms with van der Waals surface area (Å²) in [4.78, 5) is 2.25. The summed E-state index contributed by atoms with van der Waals surface area (Å²) in [5, 5.41) is 9.14. The first kappa shape index (κ1) is 16.2. The minimum absolute atomic E-state index is 0.312. The fourth-order valence-corrected chi connectivity index (χ4v) is 3.15. The maximum atomic E-state index is 13.4. The van der Waals surface area contributed by atoms with Crippen molar-refractivity contribution in [2.75, 3.05) is 13.1 Å². The van der Waals surface area contributed by atoms with Crippen molar-refractivity contribution in [1.29, 1.82) is 0 Å². The third kappa shape index (κ3) is 4.16. The monoisotopic (exact) mass is 297 g/mol. The molecule has 0 aromatic heterocycles. The van der Waals surface area contributed by atoms with Crippen LogP contribution in [0.3, 0.4) is 0 Å². The van der Waals surface area contributed by atoms with Crippen molar-refractivity contribution in [1.82, 2.24) is 4.90 Å². The SMILES string of the molecule is CC(C)(C)C1CCCN(Cc2cc(F)c(O)c(F)c2)CC1. The van der Waals surface area contributed by atoms with E-state index in [1.165, 1.54) is 18.6 Å². The van der Waals surface area contributed by atoms with Crippen LogP contribution >= 0.6 is 0 Å². The Hall–Kier alpha value is -1.16. The predicted octanol–water partition coefficient (Wildman–Crippen LogP) is 4.32. The molecule has 4 heteroatoms. The predicted molar refractivity (Wildman–Crippen MR) is 80.1 cm³/mol. The molecule has 0 spiro atoms. The van der Waals surface area contributed by atoms with Gasteiger partial charge in [0, 0.05) is 6.54 Å². The largest absolute Gasteiger partial charge is 0.503 e. The summed E-state index contributed by atoms with van der Waals surface area (Å²) in [7, 11) is 0. The van der Waals surface area contributed by atoms with E-state index >= 15 is 0 Å².